The summed E-state index contributed by atoms with van der Waals surface area (Å²) < 4.78 is 0. The maximum Gasteiger partial charge on any atom is -0.0443 e. The Balaban J connectivity index is 3.04. The van der Waals surface area contributed by atoms with E-state index in [-0.39, 0.29) is 0 Å². The minimum Gasteiger partial charge on any atom is -0.0654 e. The molecule has 0 bridgehead atoms. The van der Waals surface area contributed by atoms with E-state index in [1.54, 1.807) is 0 Å². The Morgan fingerprint density at radius 1 is 0.257 bits per heavy atom. The van der Waals surface area contributed by atoms with Gasteiger partial charge in [0.05, 0.1) is 0 Å². The molecule has 0 aromatic rings. The van der Waals surface area contributed by atoms with Gasteiger partial charge in [-0.3, -0.25) is 0 Å². The first-order valence-electron chi connectivity index (χ1n) is 17.3. The molecule has 35 heavy (non-hydrogen) atoms. The van der Waals surface area contributed by atoms with Crippen molar-refractivity contribution in [3.05, 3.63) is 0 Å². The number of unbranched alkanes of at least 4 members (excludes halogenated alkanes) is 27. The Labute approximate surface area is 225 Å². The molecule has 0 saturated heterocycles. The highest BCUT2D eigenvalue weighted by Gasteiger charge is 2.01. The molecule has 0 fully saturated rings. The van der Waals surface area contributed by atoms with Gasteiger partial charge in [0.15, 0.2) is 0 Å². The van der Waals surface area contributed by atoms with E-state index in [1.807, 2.05) is 0 Å². The zero-order valence-electron chi connectivity index (χ0n) is 25.5. The quantitative estimate of drug-likeness (QED) is 0.0844. The van der Waals surface area contributed by atoms with E-state index in [2.05, 4.69) is 20.8 Å². The zero-order chi connectivity index (χ0) is 25.5. The molecule has 0 saturated carbocycles. The van der Waals surface area contributed by atoms with E-state index in [4.69, 9.17) is 0 Å². The Morgan fingerprint density at radius 2 is 0.457 bits per heavy atom. The number of hydrogen-bond donors (Lipinski definition) is 0. The second kappa shape index (κ2) is 32.0. The van der Waals surface area contributed by atoms with E-state index in [0.717, 1.165) is 5.92 Å². The highest BCUT2D eigenvalue weighted by Crippen LogP contribution is 2.18. The molecule has 1 atom stereocenters. The third-order valence-corrected chi connectivity index (χ3v) is 8.35. The highest BCUT2D eigenvalue weighted by atomic mass is 14.1. The van der Waals surface area contributed by atoms with Crippen LogP contribution < -0.4 is 0 Å². The van der Waals surface area contributed by atoms with Gasteiger partial charge in [-0.2, -0.15) is 0 Å². The largest absolute Gasteiger partial charge is 0.0654 e. The van der Waals surface area contributed by atoms with Gasteiger partial charge in [0, 0.05) is 0 Å². The summed E-state index contributed by atoms with van der Waals surface area (Å²) in [5, 5.41) is 0. The van der Waals surface area contributed by atoms with Crippen molar-refractivity contribution in [2.24, 2.45) is 5.92 Å². The Morgan fingerprint density at radius 3 is 0.714 bits per heavy atom. The minimum atomic E-state index is 0.967. The molecule has 212 valence electrons. The van der Waals surface area contributed by atoms with Crippen LogP contribution in [0.4, 0.5) is 0 Å². The fourth-order valence-electron chi connectivity index (χ4n) is 5.68. The summed E-state index contributed by atoms with van der Waals surface area (Å²) in [5.74, 6) is 0.967. The van der Waals surface area contributed by atoms with Crippen molar-refractivity contribution < 1.29 is 0 Å². The lowest BCUT2D eigenvalue weighted by Crippen LogP contribution is -1.94. The van der Waals surface area contributed by atoms with Crippen LogP contribution in [0, 0.1) is 5.92 Å². The molecule has 0 aromatic heterocycles. The van der Waals surface area contributed by atoms with E-state index in [9.17, 15) is 0 Å². The monoisotopic (exact) mass is 493 g/mol. The van der Waals surface area contributed by atoms with Gasteiger partial charge in [-0.05, 0) is 5.92 Å². The summed E-state index contributed by atoms with van der Waals surface area (Å²) in [6.07, 6.45) is 45.8. The van der Waals surface area contributed by atoms with Crippen molar-refractivity contribution in [2.75, 3.05) is 0 Å². The van der Waals surface area contributed by atoms with Crippen molar-refractivity contribution in [1.29, 1.82) is 0 Å². The van der Waals surface area contributed by atoms with Gasteiger partial charge in [-0.15, -0.1) is 0 Å². The summed E-state index contributed by atoms with van der Waals surface area (Å²) in [6.45, 7) is 7.08. The summed E-state index contributed by atoms with van der Waals surface area (Å²) >= 11 is 0. The van der Waals surface area contributed by atoms with Gasteiger partial charge in [0.1, 0.15) is 0 Å². The average Bonchev–Trinajstić information content (AvgIpc) is 2.87. The molecule has 0 spiro atoms. The van der Waals surface area contributed by atoms with Gasteiger partial charge in [0.2, 0.25) is 0 Å². The molecule has 0 aromatic carbocycles. The van der Waals surface area contributed by atoms with Crippen LogP contribution in [0.15, 0.2) is 0 Å². The zero-order valence-corrected chi connectivity index (χ0v) is 25.5. The fraction of sp³-hybridized carbons (Fsp3) is 1.00. The van der Waals surface area contributed by atoms with E-state index in [0.29, 0.717) is 0 Å². The number of rotatable bonds is 31. The van der Waals surface area contributed by atoms with Crippen molar-refractivity contribution >= 4 is 0 Å². The van der Waals surface area contributed by atoms with Gasteiger partial charge >= 0.3 is 0 Å². The van der Waals surface area contributed by atoms with Gasteiger partial charge in [-0.1, -0.05) is 220 Å². The van der Waals surface area contributed by atoms with Crippen LogP contribution in [0.5, 0.6) is 0 Å². The van der Waals surface area contributed by atoms with Crippen molar-refractivity contribution in [2.45, 2.75) is 220 Å². The van der Waals surface area contributed by atoms with Crippen LogP contribution in [-0.4, -0.2) is 0 Å². The maximum absolute atomic E-state index is 2.45. The molecule has 0 nitrogen and oxygen atoms in total. The Bertz CT molecular complexity index is 346. The van der Waals surface area contributed by atoms with Crippen LogP contribution >= 0.6 is 0 Å². The lowest BCUT2D eigenvalue weighted by atomic mass is 9.97. The van der Waals surface area contributed by atoms with Crippen molar-refractivity contribution in [3.63, 3.8) is 0 Å². The molecule has 0 aliphatic carbocycles. The third kappa shape index (κ3) is 32.0. The van der Waals surface area contributed by atoms with E-state index < -0.39 is 0 Å². The molecule has 0 rings (SSSR count). The van der Waals surface area contributed by atoms with Crippen LogP contribution in [0.1, 0.15) is 220 Å². The predicted molar refractivity (Wildman–Crippen MR) is 164 cm³/mol. The van der Waals surface area contributed by atoms with E-state index in [1.165, 1.54) is 199 Å². The molecule has 0 aliphatic heterocycles. The summed E-state index contributed by atoms with van der Waals surface area (Å²) in [5.41, 5.74) is 0. The molecule has 0 amide bonds. The average molecular weight is 493 g/mol. The normalized spacial score (nSPS) is 12.4. The lowest BCUT2D eigenvalue weighted by molar-refractivity contribution is 0.440. The van der Waals surface area contributed by atoms with Crippen molar-refractivity contribution in [3.8, 4) is 0 Å². The second-order valence-electron chi connectivity index (χ2n) is 12.2. The second-order valence-corrected chi connectivity index (χ2v) is 12.2. The first kappa shape index (κ1) is 35.0. The predicted octanol–water partition coefficient (Wildman–Crippen LogP) is 13.8. The molecule has 0 aliphatic rings. The molecule has 0 N–H and O–H groups in total. The Hall–Kier alpha value is 0. The first-order chi connectivity index (χ1) is 17.3. The van der Waals surface area contributed by atoms with Gasteiger partial charge in [-0.25, -0.2) is 0 Å². The van der Waals surface area contributed by atoms with Gasteiger partial charge < -0.3 is 0 Å². The summed E-state index contributed by atoms with van der Waals surface area (Å²) in [7, 11) is 0. The SMILES string of the molecule is CCCCCCCCCCCCCCCCCCCCCCCCCCCCCC(C)CCCC. The Kier molecular flexibility index (Phi) is 32.0. The van der Waals surface area contributed by atoms with Crippen LogP contribution in [-0.2, 0) is 0 Å². The van der Waals surface area contributed by atoms with Crippen LogP contribution in [0.3, 0.4) is 0 Å². The molecule has 0 heteroatoms. The highest BCUT2D eigenvalue weighted by molar-refractivity contribution is 4.55. The molecule has 0 radical (unpaired) electrons. The summed E-state index contributed by atoms with van der Waals surface area (Å²) in [6, 6.07) is 0. The standard InChI is InChI=1S/C35H72/c1-4-6-8-9-10-11-12-13-14-15-16-17-18-19-20-21-22-23-24-25-26-27-28-29-30-31-32-34-35(3)33-7-5-2/h35H,4-34H2,1-3H3. The maximum atomic E-state index is 2.45. The fourth-order valence-corrected chi connectivity index (χ4v) is 5.68. The number of hydrogen-bond acceptors (Lipinski definition) is 0. The van der Waals surface area contributed by atoms with Gasteiger partial charge in [0.25, 0.3) is 0 Å². The van der Waals surface area contributed by atoms with Crippen LogP contribution in [0.25, 0.3) is 0 Å². The molecular formula is C35H72. The van der Waals surface area contributed by atoms with Crippen LogP contribution in [0.2, 0.25) is 0 Å². The van der Waals surface area contributed by atoms with Crippen molar-refractivity contribution in [1.82, 2.24) is 0 Å². The smallest absolute Gasteiger partial charge is 0.0443 e. The molecule has 0 heterocycles. The minimum absolute atomic E-state index is 0.967. The molecule has 1 unspecified atom stereocenters. The summed E-state index contributed by atoms with van der Waals surface area (Å²) in [4.78, 5) is 0. The molecular weight excluding hydrogens is 420 g/mol. The third-order valence-electron chi connectivity index (χ3n) is 8.35. The first-order valence-corrected chi connectivity index (χ1v) is 17.3. The van der Waals surface area contributed by atoms with E-state index >= 15 is 0 Å². The topological polar surface area (TPSA) is 0 Å². The lowest BCUT2D eigenvalue weighted by Gasteiger charge is -2.10.